The number of carbonyl (C=O) groups excluding carboxylic acids is 1. The average Bonchev–Trinajstić information content (AvgIpc) is 2.29. The normalized spacial score (nSPS) is 8.94. The van der Waals surface area contributed by atoms with Crippen molar-refractivity contribution in [2.75, 3.05) is 7.11 Å². The van der Waals surface area contributed by atoms with Crippen molar-refractivity contribution in [2.24, 2.45) is 16.6 Å². The van der Waals surface area contributed by atoms with Gasteiger partial charge in [0.15, 0.2) is 11.5 Å². The van der Waals surface area contributed by atoms with E-state index in [0.29, 0.717) is 0 Å². The Labute approximate surface area is 109 Å². The second-order valence-corrected chi connectivity index (χ2v) is 3.02. The van der Waals surface area contributed by atoms with Crippen molar-refractivity contribution in [3.05, 3.63) is 17.7 Å². The van der Waals surface area contributed by atoms with Crippen molar-refractivity contribution in [3.63, 3.8) is 0 Å². The van der Waals surface area contributed by atoms with Gasteiger partial charge in [0.1, 0.15) is 0 Å². The molecule has 0 aromatic heterocycles. The Morgan fingerprint density at radius 3 is 2.50 bits per heavy atom. The molecule has 7 N–H and O–H groups in total. The third-order valence-corrected chi connectivity index (χ3v) is 1.82. The van der Waals surface area contributed by atoms with E-state index in [9.17, 15) is 15.0 Å². The molecule has 0 bridgehead atoms. The lowest BCUT2D eigenvalue weighted by Crippen LogP contribution is -2.29. The molecule has 8 nitrogen and oxygen atoms in total. The fraction of sp³-hybridized carbons (Fsp3) is 0.111. The molecule has 1 rings (SSSR count). The molecular formula is C9H13ClN4O4. The van der Waals surface area contributed by atoms with Gasteiger partial charge in [0, 0.05) is 5.56 Å². The van der Waals surface area contributed by atoms with Crippen LogP contribution >= 0.6 is 12.4 Å². The van der Waals surface area contributed by atoms with E-state index < -0.39 is 17.4 Å². The molecule has 0 spiro atoms. The zero-order valence-corrected chi connectivity index (χ0v) is 10.2. The lowest BCUT2D eigenvalue weighted by atomic mass is 10.2. The van der Waals surface area contributed by atoms with E-state index in [1.807, 2.05) is 5.43 Å². The maximum absolute atomic E-state index is 11.5. The van der Waals surface area contributed by atoms with E-state index in [0.717, 1.165) is 6.07 Å². The number of aromatic hydroxyl groups is 2. The average molecular weight is 277 g/mol. The molecule has 0 fully saturated rings. The molecule has 0 saturated heterocycles. The highest BCUT2D eigenvalue weighted by molar-refractivity contribution is 5.96. The van der Waals surface area contributed by atoms with Crippen molar-refractivity contribution < 1.29 is 19.7 Å². The van der Waals surface area contributed by atoms with Crippen LogP contribution in [0.3, 0.4) is 0 Å². The van der Waals surface area contributed by atoms with Crippen LogP contribution in [0, 0.1) is 0 Å². The van der Waals surface area contributed by atoms with Crippen molar-refractivity contribution in [1.82, 2.24) is 5.43 Å². The molecule has 9 heteroatoms. The van der Waals surface area contributed by atoms with Gasteiger partial charge >= 0.3 is 0 Å². The molecule has 0 saturated carbocycles. The highest BCUT2D eigenvalue weighted by Gasteiger charge is 2.14. The lowest BCUT2D eigenvalue weighted by molar-refractivity contribution is 0.0954. The molecule has 18 heavy (non-hydrogen) atoms. The first-order chi connectivity index (χ1) is 7.95. The molecule has 0 aliphatic heterocycles. The summed E-state index contributed by atoms with van der Waals surface area (Å²) >= 11 is 0. The minimum absolute atomic E-state index is 0. The number of phenolic OH excluding ortho intramolecular Hbond substituents is 2. The Balaban J connectivity index is 0.00000289. The Kier molecular flexibility index (Phi) is 5.57. The van der Waals surface area contributed by atoms with E-state index >= 15 is 0 Å². The van der Waals surface area contributed by atoms with Crippen molar-refractivity contribution in [2.45, 2.75) is 0 Å². The number of rotatable bonds is 3. The van der Waals surface area contributed by atoms with E-state index in [1.165, 1.54) is 13.2 Å². The van der Waals surface area contributed by atoms with Gasteiger partial charge in [-0.05, 0) is 12.1 Å². The predicted octanol–water partition coefficient (Wildman–Crippen LogP) is -0.554. The minimum Gasteiger partial charge on any atom is -0.504 e. The molecule has 1 aromatic carbocycles. The first kappa shape index (κ1) is 15.7. The van der Waals surface area contributed by atoms with Crippen molar-refractivity contribution in [1.29, 1.82) is 0 Å². The number of guanidine groups is 1. The van der Waals surface area contributed by atoms with E-state index in [2.05, 4.69) is 5.10 Å². The minimum atomic E-state index is -0.660. The summed E-state index contributed by atoms with van der Waals surface area (Å²) in [7, 11) is 1.28. The monoisotopic (exact) mass is 276 g/mol. The predicted molar refractivity (Wildman–Crippen MR) is 66.8 cm³/mol. The van der Waals surface area contributed by atoms with Crippen LogP contribution in [0.5, 0.6) is 17.2 Å². The SMILES string of the molecule is COc1cc(C(=O)NN=C(N)N)cc(O)c1O.Cl. The van der Waals surface area contributed by atoms with Gasteiger partial charge in [-0.15, -0.1) is 17.5 Å². The second kappa shape index (κ2) is 6.40. The van der Waals surface area contributed by atoms with Gasteiger partial charge in [-0.2, -0.15) is 0 Å². The number of nitrogens with zero attached hydrogens (tertiary/aromatic N) is 1. The molecule has 0 aliphatic rings. The van der Waals surface area contributed by atoms with Gasteiger partial charge in [-0.25, -0.2) is 5.43 Å². The van der Waals surface area contributed by atoms with Gasteiger partial charge in [0.05, 0.1) is 7.11 Å². The lowest BCUT2D eigenvalue weighted by Gasteiger charge is -2.07. The molecule has 0 aliphatic carbocycles. The number of methoxy groups -OCH3 is 1. The smallest absolute Gasteiger partial charge is 0.271 e. The first-order valence-electron chi connectivity index (χ1n) is 4.44. The number of phenols is 2. The number of ether oxygens (including phenoxy) is 1. The van der Waals surface area contributed by atoms with Gasteiger partial charge in [0.2, 0.25) is 11.7 Å². The summed E-state index contributed by atoms with van der Waals surface area (Å²) in [5, 5.41) is 22.0. The zero-order chi connectivity index (χ0) is 13.0. The second-order valence-electron chi connectivity index (χ2n) is 3.02. The highest BCUT2D eigenvalue weighted by Crippen LogP contribution is 2.36. The first-order valence-corrected chi connectivity index (χ1v) is 4.44. The number of hydrogen-bond donors (Lipinski definition) is 5. The fourth-order valence-electron chi connectivity index (χ4n) is 1.06. The number of benzene rings is 1. The number of halogens is 1. The summed E-state index contributed by atoms with van der Waals surface area (Å²) in [6, 6.07) is 2.28. The van der Waals surface area contributed by atoms with E-state index in [1.54, 1.807) is 0 Å². The van der Waals surface area contributed by atoms with E-state index in [-0.39, 0.29) is 29.7 Å². The number of hydrazone groups is 1. The number of nitrogens with two attached hydrogens (primary N) is 2. The van der Waals surface area contributed by atoms with Crippen molar-refractivity contribution >= 4 is 24.3 Å². The van der Waals surface area contributed by atoms with Gasteiger partial charge < -0.3 is 26.4 Å². The summed E-state index contributed by atoms with van der Waals surface area (Å²) in [4.78, 5) is 11.5. The maximum Gasteiger partial charge on any atom is 0.271 e. The van der Waals surface area contributed by atoms with Crippen LogP contribution in [-0.4, -0.2) is 29.2 Å². The Morgan fingerprint density at radius 2 is 2.00 bits per heavy atom. The number of nitrogens with one attached hydrogen (secondary N) is 1. The summed E-state index contributed by atoms with van der Waals surface area (Å²) in [5.74, 6) is -1.95. The molecule has 0 radical (unpaired) electrons. The van der Waals surface area contributed by atoms with Crippen LogP contribution in [0.2, 0.25) is 0 Å². The highest BCUT2D eigenvalue weighted by atomic mass is 35.5. The standard InChI is InChI=1S/C9H12N4O4.ClH/c1-17-6-3-4(2-5(14)7(6)15)8(16)12-13-9(10)11;/h2-3,14-15H,1H3,(H,12,16)(H4,10,11,13);1H. The molecule has 1 amide bonds. The van der Waals surface area contributed by atoms with Gasteiger partial charge in [0.25, 0.3) is 5.91 Å². The molecule has 0 atom stereocenters. The van der Waals surface area contributed by atoms with Crippen LogP contribution in [0.4, 0.5) is 0 Å². The van der Waals surface area contributed by atoms with Crippen molar-refractivity contribution in [3.8, 4) is 17.2 Å². The summed E-state index contributed by atoms with van der Waals surface area (Å²) in [6.45, 7) is 0. The maximum atomic E-state index is 11.5. The zero-order valence-electron chi connectivity index (χ0n) is 9.38. The van der Waals surface area contributed by atoms with Crippen LogP contribution in [0.1, 0.15) is 10.4 Å². The van der Waals surface area contributed by atoms with E-state index in [4.69, 9.17) is 16.2 Å². The van der Waals surface area contributed by atoms with Crippen LogP contribution in [0.25, 0.3) is 0 Å². The molecule has 0 unspecified atom stereocenters. The van der Waals surface area contributed by atoms with Crippen LogP contribution < -0.4 is 21.6 Å². The molecule has 100 valence electrons. The fourth-order valence-corrected chi connectivity index (χ4v) is 1.06. The molecular weight excluding hydrogens is 264 g/mol. The summed E-state index contributed by atoms with van der Waals surface area (Å²) < 4.78 is 4.77. The third-order valence-electron chi connectivity index (χ3n) is 1.82. The Morgan fingerprint density at radius 1 is 1.39 bits per heavy atom. The Hall–Kier alpha value is -2.35. The third kappa shape index (κ3) is 3.59. The van der Waals surface area contributed by atoms with Crippen LogP contribution in [-0.2, 0) is 0 Å². The number of carbonyl (C=O) groups is 1. The Bertz CT molecular complexity index is 474. The van der Waals surface area contributed by atoms with Gasteiger partial charge in [-0.1, -0.05) is 0 Å². The number of hydrogen-bond acceptors (Lipinski definition) is 5. The van der Waals surface area contributed by atoms with Gasteiger partial charge in [-0.3, -0.25) is 4.79 Å². The number of amides is 1. The largest absolute Gasteiger partial charge is 0.504 e. The molecule has 1 aromatic rings. The molecule has 0 heterocycles. The summed E-state index contributed by atoms with van der Waals surface area (Å²) in [6.07, 6.45) is 0. The van der Waals surface area contributed by atoms with Crippen LogP contribution in [0.15, 0.2) is 17.2 Å². The quantitative estimate of drug-likeness (QED) is 0.217. The topological polar surface area (TPSA) is 143 Å². The summed E-state index contributed by atoms with van der Waals surface area (Å²) in [5.41, 5.74) is 12.1.